The van der Waals surface area contributed by atoms with Crippen LogP contribution < -0.4 is 11.1 Å². The van der Waals surface area contributed by atoms with Crippen LogP contribution in [0.5, 0.6) is 0 Å². The molecular weight excluding hydrogens is 252 g/mol. The van der Waals surface area contributed by atoms with Crippen molar-refractivity contribution in [2.45, 2.75) is 6.92 Å². The number of amidine groups is 1. The van der Waals surface area contributed by atoms with Gasteiger partial charge in [0.05, 0.1) is 10.7 Å². The van der Waals surface area contributed by atoms with Crippen LogP contribution in [0.15, 0.2) is 17.3 Å². The van der Waals surface area contributed by atoms with Crippen molar-refractivity contribution in [3.63, 3.8) is 0 Å². The van der Waals surface area contributed by atoms with Crippen molar-refractivity contribution < 1.29 is 14.0 Å². The van der Waals surface area contributed by atoms with Gasteiger partial charge in [-0.15, -0.1) is 0 Å². The first-order chi connectivity index (χ1) is 7.95. The number of benzene rings is 1. The summed E-state index contributed by atoms with van der Waals surface area (Å²) in [6, 6.07) is 1.73. The highest BCUT2D eigenvalue weighted by molar-refractivity contribution is 6.33. The van der Waals surface area contributed by atoms with E-state index in [9.17, 15) is 8.78 Å². The third kappa shape index (κ3) is 3.45. The third-order valence-corrected chi connectivity index (χ3v) is 2.51. The topological polar surface area (TPSA) is 70.6 Å². The molecule has 1 unspecified atom stereocenters. The average molecular weight is 264 g/mol. The molecule has 17 heavy (non-hydrogen) atoms. The number of nitrogens with one attached hydrogen (secondary N) is 1. The lowest BCUT2D eigenvalue weighted by atomic mass is 10.1. The molecular formula is C10H12ClF2N3O. The number of oxime groups is 1. The standard InChI is InChI=1S/C10H12ClF2N3O/c1-5(10(14)16-17)4-15-9-7(11)2-6(12)3-8(9)13/h2-3,5,15,17H,4H2,1H3,(H2,14,16). The van der Waals surface area contributed by atoms with Crippen molar-refractivity contribution in [2.24, 2.45) is 16.8 Å². The highest BCUT2D eigenvalue weighted by Gasteiger charge is 2.12. The first kappa shape index (κ1) is 13.5. The second-order valence-corrected chi connectivity index (χ2v) is 3.96. The van der Waals surface area contributed by atoms with Crippen LogP contribution in [0.2, 0.25) is 5.02 Å². The zero-order valence-corrected chi connectivity index (χ0v) is 9.80. The van der Waals surface area contributed by atoms with Crippen molar-refractivity contribution in [3.8, 4) is 0 Å². The number of hydrogen-bond acceptors (Lipinski definition) is 3. The number of nitrogens with zero attached hydrogens (tertiary/aromatic N) is 1. The van der Waals surface area contributed by atoms with Crippen molar-refractivity contribution >= 4 is 23.1 Å². The molecule has 0 saturated carbocycles. The van der Waals surface area contributed by atoms with Crippen LogP contribution in [0.4, 0.5) is 14.5 Å². The first-order valence-electron chi connectivity index (χ1n) is 4.81. The summed E-state index contributed by atoms with van der Waals surface area (Å²) in [4.78, 5) is 0. The summed E-state index contributed by atoms with van der Waals surface area (Å²) in [5.74, 6) is -1.85. The SMILES string of the molecule is CC(CNc1c(F)cc(F)cc1Cl)C(N)=NO. The third-order valence-electron chi connectivity index (χ3n) is 2.21. The molecule has 0 aliphatic carbocycles. The van der Waals surface area contributed by atoms with E-state index in [-0.39, 0.29) is 29.0 Å². The highest BCUT2D eigenvalue weighted by atomic mass is 35.5. The van der Waals surface area contributed by atoms with Gasteiger partial charge in [-0.2, -0.15) is 0 Å². The molecule has 0 heterocycles. The summed E-state index contributed by atoms with van der Waals surface area (Å²) in [6.45, 7) is 1.88. The van der Waals surface area contributed by atoms with Gasteiger partial charge in [0.2, 0.25) is 0 Å². The lowest BCUT2D eigenvalue weighted by molar-refractivity contribution is 0.315. The van der Waals surface area contributed by atoms with Crippen molar-refractivity contribution in [1.29, 1.82) is 0 Å². The van der Waals surface area contributed by atoms with Crippen molar-refractivity contribution in [3.05, 3.63) is 28.8 Å². The summed E-state index contributed by atoms with van der Waals surface area (Å²) in [6.07, 6.45) is 0. The molecule has 94 valence electrons. The van der Waals surface area contributed by atoms with Crippen molar-refractivity contribution in [2.75, 3.05) is 11.9 Å². The molecule has 0 aromatic heterocycles. The summed E-state index contributed by atoms with van der Waals surface area (Å²) < 4.78 is 26.1. The largest absolute Gasteiger partial charge is 0.409 e. The van der Waals surface area contributed by atoms with E-state index >= 15 is 0 Å². The molecule has 1 aromatic carbocycles. The van der Waals surface area contributed by atoms with E-state index in [1.165, 1.54) is 0 Å². The zero-order valence-electron chi connectivity index (χ0n) is 9.04. The van der Waals surface area contributed by atoms with Crippen LogP contribution >= 0.6 is 11.6 Å². The summed E-state index contributed by atoms with van der Waals surface area (Å²) in [5.41, 5.74) is 5.35. The Balaban J connectivity index is 2.76. The number of halogens is 3. The van der Waals surface area contributed by atoms with E-state index in [0.717, 1.165) is 12.1 Å². The smallest absolute Gasteiger partial charge is 0.150 e. The fraction of sp³-hybridized carbons (Fsp3) is 0.300. The molecule has 1 aromatic rings. The van der Waals surface area contributed by atoms with Gasteiger partial charge in [0, 0.05) is 18.5 Å². The molecule has 0 bridgehead atoms. The Morgan fingerprint density at radius 1 is 1.59 bits per heavy atom. The molecule has 0 aliphatic heterocycles. The van der Waals surface area contributed by atoms with E-state index in [1.807, 2.05) is 0 Å². The molecule has 0 spiro atoms. The summed E-state index contributed by atoms with van der Waals surface area (Å²) in [7, 11) is 0. The maximum atomic E-state index is 13.3. The van der Waals surface area contributed by atoms with Crippen LogP contribution in [0.3, 0.4) is 0 Å². The Morgan fingerprint density at radius 3 is 2.76 bits per heavy atom. The van der Waals surface area contributed by atoms with E-state index in [2.05, 4.69) is 10.5 Å². The number of rotatable bonds is 4. The molecule has 1 rings (SSSR count). The number of hydrogen-bond donors (Lipinski definition) is 3. The van der Waals surface area contributed by atoms with Crippen LogP contribution in [-0.2, 0) is 0 Å². The van der Waals surface area contributed by atoms with E-state index < -0.39 is 11.6 Å². The zero-order chi connectivity index (χ0) is 13.0. The Kier molecular flexibility index (Phi) is 4.51. The minimum absolute atomic E-state index is 0.00865. The molecule has 0 radical (unpaired) electrons. The van der Waals surface area contributed by atoms with Gasteiger partial charge in [0.15, 0.2) is 5.82 Å². The maximum absolute atomic E-state index is 13.3. The van der Waals surface area contributed by atoms with Gasteiger partial charge in [0.1, 0.15) is 11.7 Å². The highest BCUT2D eigenvalue weighted by Crippen LogP contribution is 2.26. The maximum Gasteiger partial charge on any atom is 0.150 e. The van der Waals surface area contributed by atoms with Gasteiger partial charge < -0.3 is 16.3 Å². The Bertz CT molecular complexity index is 417. The predicted octanol–water partition coefficient (Wildman–Crippen LogP) is 2.41. The van der Waals surface area contributed by atoms with Gasteiger partial charge in [0.25, 0.3) is 0 Å². The Labute approximate surface area is 102 Å². The Hall–Kier alpha value is -1.56. The number of nitrogens with two attached hydrogens (primary N) is 1. The second-order valence-electron chi connectivity index (χ2n) is 3.55. The minimum Gasteiger partial charge on any atom is -0.409 e. The molecule has 0 saturated heterocycles. The van der Waals surface area contributed by atoms with Crippen LogP contribution in [0, 0.1) is 17.6 Å². The molecule has 4 nitrogen and oxygen atoms in total. The average Bonchev–Trinajstić information content (AvgIpc) is 2.26. The van der Waals surface area contributed by atoms with E-state index in [4.69, 9.17) is 22.5 Å². The molecule has 4 N–H and O–H groups in total. The van der Waals surface area contributed by atoms with Crippen LogP contribution in [-0.4, -0.2) is 17.6 Å². The summed E-state index contributed by atoms with van der Waals surface area (Å²) >= 11 is 5.68. The fourth-order valence-corrected chi connectivity index (χ4v) is 1.43. The lowest BCUT2D eigenvalue weighted by Gasteiger charge is -2.13. The molecule has 0 aliphatic rings. The predicted molar refractivity (Wildman–Crippen MR) is 62.4 cm³/mol. The fourth-order valence-electron chi connectivity index (χ4n) is 1.17. The van der Waals surface area contributed by atoms with Crippen molar-refractivity contribution in [1.82, 2.24) is 0 Å². The van der Waals surface area contributed by atoms with Crippen LogP contribution in [0.25, 0.3) is 0 Å². The van der Waals surface area contributed by atoms with Gasteiger partial charge in [-0.3, -0.25) is 0 Å². The molecule has 0 fully saturated rings. The molecule has 1 atom stereocenters. The minimum atomic E-state index is -0.790. The van der Waals surface area contributed by atoms with Crippen LogP contribution in [0.1, 0.15) is 6.92 Å². The van der Waals surface area contributed by atoms with Gasteiger partial charge in [-0.1, -0.05) is 23.7 Å². The Morgan fingerprint density at radius 2 is 2.24 bits per heavy atom. The normalized spacial score (nSPS) is 13.5. The number of anilines is 1. The first-order valence-corrected chi connectivity index (χ1v) is 5.19. The lowest BCUT2D eigenvalue weighted by Crippen LogP contribution is -2.27. The quantitative estimate of drug-likeness (QED) is 0.338. The molecule has 7 heteroatoms. The monoisotopic (exact) mass is 263 g/mol. The molecule has 0 amide bonds. The van der Waals surface area contributed by atoms with Gasteiger partial charge in [-0.05, 0) is 6.07 Å². The second kappa shape index (κ2) is 5.67. The van der Waals surface area contributed by atoms with E-state index in [1.54, 1.807) is 6.92 Å². The van der Waals surface area contributed by atoms with Gasteiger partial charge >= 0.3 is 0 Å². The van der Waals surface area contributed by atoms with Gasteiger partial charge in [-0.25, -0.2) is 8.78 Å². The summed E-state index contributed by atoms with van der Waals surface area (Å²) in [5, 5.41) is 13.9. The van der Waals surface area contributed by atoms with E-state index in [0.29, 0.717) is 0 Å².